The van der Waals surface area contributed by atoms with E-state index in [0.717, 1.165) is 18.5 Å². The van der Waals surface area contributed by atoms with Gasteiger partial charge in [-0.1, -0.05) is 0 Å². The summed E-state index contributed by atoms with van der Waals surface area (Å²) in [6.07, 6.45) is 1.14. The Morgan fingerprint density at radius 1 is 1.38 bits per heavy atom. The summed E-state index contributed by atoms with van der Waals surface area (Å²) in [6.45, 7) is 0. The average Bonchev–Trinajstić information content (AvgIpc) is 2.66. The Balaban J connectivity index is 2.59. The molecule has 1 aromatic carbocycles. The molecule has 16 heavy (non-hydrogen) atoms. The Labute approximate surface area is 88.6 Å². The van der Waals surface area contributed by atoms with Crippen molar-refractivity contribution in [2.75, 3.05) is 0 Å². The lowest BCUT2D eigenvalue weighted by Crippen LogP contribution is -2.00. The van der Waals surface area contributed by atoms with Crippen molar-refractivity contribution in [2.24, 2.45) is 0 Å². The number of nitrogens with one attached hydrogen (secondary N) is 1. The number of H-pyrrole nitrogens is 1. The maximum atomic E-state index is 13.4. The summed E-state index contributed by atoms with van der Waals surface area (Å²) in [7, 11) is 0. The molecule has 2 N–H and O–H groups in total. The third-order valence-corrected chi connectivity index (χ3v) is 2.04. The quantitative estimate of drug-likeness (QED) is 0.820. The van der Waals surface area contributed by atoms with E-state index in [1.807, 2.05) is 0 Å². The van der Waals surface area contributed by atoms with Gasteiger partial charge in [-0.05, 0) is 12.1 Å². The maximum Gasteiger partial charge on any atom is 0.354 e. The van der Waals surface area contributed by atoms with Gasteiger partial charge in [-0.3, -0.25) is 0 Å². The molecule has 0 radical (unpaired) electrons. The van der Waals surface area contributed by atoms with Crippen LogP contribution in [0.5, 0.6) is 0 Å². The molecular formula is C10H6F2N2O2. The first-order valence-corrected chi connectivity index (χ1v) is 4.31. The molecule has 0 aliphatic carbocycles. The number of carbonyl (C=O) groups is 1. The van der Waals surface area contributed by atoms with Crippen molar-refractivity contribution in [3.63, 3.8) is 0 Å². The highest BCUT2D eigenvalue weighted by molar-refractivity contribution is 5.92. The second-order valence-electron chi connectivity index (χ2n) is 3.06. The van der Waals surface area contributed by atoms with Gasteiger partial charge in [0.1, 0.15) is 17.3 Å². The molecule has 0 amide bonds. The van der Waals surface area contributed by atoms with Crippen LogP contribution in [-0.4, -0.2) is 21.0 Å². The normalized spacial score (nSPS) is 10.4. The van der Waals surface area contributed by atoms with Gasteiger partial charge in [0.25, 0.3) is 0 Å². The summed E-state index contributed by atoms with van der Waals surface area (Å²) in [5.74, 6) is -2.83. The molecule has 0 unspecified atom stereocenters. The molecule has 0 saturated carbocycles. The van der Waals surface area contributed by atoms with Crippen molar-refractivity contribution in [1.82, 2.24) is 9.97 Å². The van der Waals surface area contributed by atoms with Gasteiger partial charge in [-0.15, -0.1) is 0 Å². The van der Waals surface area contributed by atoms with E-state index < -0.39 is 17.6 Å². The van der Waals surface area contributed by atoms with Gasteiger partial charge in [0, 0.05) is 11.6 Å². The summed E-state index contributed by atoms with van der Waals surface area (Å²) >= 11 is 0. The lowest BCUT2D eigenvalue weighted by molar-refractivity contribution is 0.0692. The van der Waals surface area contributed by atoms with Gasteiger partial charge in [0.15, 0.2) is 5.69 Å². The van der Waals surface area contributed by atoms with E-state index in [-0.39, 0.29) is 17.0 Å². The molecule has 1 heterocycles. The molecule has 0 aliphatic rings. The summed E-state index contributed by atoms with van der Waals surface area (Å²) in [4.78, 5) is 16.8. The van der Waals surface area contributed by atoms with Crippen LogP contribution in [0.3, 0.4) is 0 Å². The third-order valence-electron chi connectivity index (χ3n) is 2.04. The van der Waals surface area contributed by atoms with Gasteiger partial charge in [0.2, 0.25) is 0 Å². The van der Waals surface area contributed by atoms with Gasteiger partial charge >= 0.3 is 5.97 Å². The number of hydrogen-bond donors (Lipinski definition) is 2. The number of aromatic amines is 1. The summed E-state index contributed by atoms with van der Waals surface area (Å²) in [6, 6.07) is 2.86. The van der Waals surface area contributed by atoms with Crippen molar-refractivity contribution < 1.29 is 18.7 Å². The smallest absolute Gasteiger partial charge is 0.354 e. The number of carboxylic acid groups (broad SMARTS) is 1. The predicted molar refractivity (Wildman–Crippen MR) is 50.9 cm³/mol. The van der Waals surface area contributed by atoms with Crippen molar-refractivity contribution in [1.29, 1.82) is 0 Å². The fourth-order valence-electron chi connectivity index (χ4n) is 1.34. The minimum Gasteiger partial charge on any atom is -0.477 e. The molecule has 0 bridgehead atoms. The Kier molecular flexibility index (Phi) is 2.40. The lowest BCUT2D eigenvalue weighted by Gasteiger charge is -2.01. The second-order valence-corrected chi connectivity index (χ2v) is 3.06. The average molecular weight is 224 g/mol. The second kappa shape index (κ2) is 3.73. The van der Waals surface area contributed by atoms with Crippen LogP contribution in [-0.2, 0) is 0 Å². The van der Waals surface area contributed by atoms with Crippen LogP contribution in [0.2, 0.25) is 0 Å². The molecule has 6 heteroatoms. The van der Waals surface area contributed by atoms with Crippen molar-refractivity contribution in [2.45, 2.75) is 0 Å². The minimum absolute atomic E-state index is 0.0509. The fraction of sp³-hybridized carbons (Fsp3) is 0. The van der Waals surface area contributed by atoms with Crippen LogP contribution < -0.4 is 0 Å². The topological polar surface area (TPSA) is 66.0 Å². The van der Waals surface area contributed by atoms with Crippen molar-refractivity contribution >= 4 is 5.97 Å². The SMILES string of the molecule is O=C(O)c1[nH]cnc1-c1ccc(F)cc1F. The number of aromatic nitrogens is 2. The zero-order chi connectivity index (χ0) is 11.7. The molecular weight excluding hydrogens is 218 g/mol. The Bertz CT molecular complexity index is 552. The van der Waals surface area contributed by atoms with E-state index in [1.54, 1.807) is 0 Å². The van der Waals surface area contributed by atoms with E-state index in [4.69, 9.17) is 5.11 Å². The molecule has 2 aromatic rings. The summed E-state index contributed by atoms with van der Waals surface area (Å²) in [5.41, 5.74) is -0.337. The number of carboxylic acids is 1. The first-order chi connectivity index (χ1) is 7.59. The van der Waals surface area contributed by atoms with Crippen molar-refractivity contribution in [3.8, 4) is 11.3 Å². The lowest BCUT2D eigenvalue weighted by atomic mass is 10.1. The maximum absolute atomic E-state index is 13.4. The largest absolute Gasteiger partial charge is 0.477 e. The van der Waals surface area contributed by atoms with Gasteiger partial charge in [-0.2, -0.15) is 0 Å². The number of benzene rings is 1. The van der Waals surface area contributed by atoms with E-state index >= 15 is 0 Å². The monoisotopic (exact) mass is 224 g/mol. The predicted octanol–water partition coefficient (Wildman–Crippen LogP) is 2.05. The first-order valence-electron chi connectivity index (χ1n) is 4.31. The summed E-state index contributed by atoms with van der Waals surface area (Å²) in [5, 5.41) is 8.79. The molecule has 0 saturated heterocycles. The number of hydrogen-bond acceptors (Lipinski definition) is 2. The Morgan fingerprint density at radius 2 is 2.12 bits per heavy atom. The minimum atomic E-state index is -1.25. The molecule has 1 aromatic heterocycles. The van der Waals surface area contributed by atoms with Gasteiger partial charge in [0.05, 0.1) is 6.33 Å². The first kappa shape index (κ1) is 10.3. The molecule has 0 atom stereocenters. The van der Waals surface area contributed by atoms with Crippen LogP contribution >= 0.6 is 0 Å². The summed E-state index contributed by atoms with van der Waals surface area (Å²) < 4.78 is 26.0. The molecule has 2 rings (SSSR count). The van der Waals surface area contributed by atoms with E-state index in [1.165, 1.54) is 0 Å². The van der Waals surface area contributed by atoms with Gasteiger partial charge in [-0.25, -0.2) is 18.6 Å². The van der Waals surface area contributed by atoms with Crippen LogP contribution in [0, 0.1) is 11.6 Å². The highest BCUT2D eigenvalue weighted by Crippen LogP contribution is 2.24. The number of aromatic carboxylic acids is 1. The zero-order valence-corrected chi connectivity index (χ0v) is 7.87. The molecule has 0 fully saturated rings. The Morgan fingerprint density at radius 3 is 2.75 bits per heavy atom. The van der Waals surface area contributed by atoms with Gasteiger partial charge < -0.3 is 10.1 Å². The van der Waals surface area contributed by atoms with Crippen LogP contribution in [0.15, 0.2) is 24.5 Å². The fourth-order valence-corrected chi connectivity index (χ4v) is 1.34. The molecule has 0 aliphatic heterocycles. The molecule has 0 spiro atoms. The Hall–Kier alpha value is -2.24. The van der Waals surface area contributed by atoms with E-state index in [2.05, 4.69) is 9.97 Å². The van der Waals surface area contributed by atoms with Crippen LogP contribution in [0.25, 0.3) is 11.3 Å². The molecule has 82 valence electrons. The molecule has 4 nitrogen and oxygen atoms in total. The van der Waals surface area contributed by atoms with E-state index in [0.29, 0.717) is 6.07 Å². The third kappa shape index (κ3) is 1.65. The number of imidazole rings is 1. The number of halogens is 2. The standard InChI is InChI=1S/C10H6F2N2O2/c11-5-1-2-6(7(12)3-5)8-9(10(15)16)14-4-13-8/h1-4H,(H,13,14)(H,15,16). The van der Waals surface area contributed by atoms with Crippen molar-refractivity contribution in [3.05, 3.63) is 41.9 Å². The zero-order valence-electron chi connectivity index (χ0n) is 7.87. The van der Waals surface area contributed by atoms with Crippen LogP contribution in [0.1, 0.15) is 10.5 Å². The van der Waals surface area contributed by atoms with E-state index in [9.17, 15) is 13.6 Å². The van der Waals surface area contributed by atoms with Crippen LogP contribution in [0.4, 0.5) is 8.78 Å². The highest BCUT2D eigenvalue weighted by Gasteiger charge is 2.17. The highest BCUT2D eigenvalue weighted by atomic mass is 19.1. The number of nitrogens with zero attached hydrogens (tertiary/aromatic N) is 1. The number of rotatable bonds is 2.